The molecule has 1 aliphatic carbocycles. The Morgan fingerprint density at radius 1 is 0.333 bits per heavy atom. The number of thiazole rings is 2. The van der Waals surface area contributed by atoms with Gasteiger partial charge in [-0.25, -0.2) is 34.9 Å². The summed E-state index contributed by atoms with van der Waals surface area (Å²) in [5.41, 5.74) is 23.4. The van der Waals surface area contributed by atoms with Crippen molar-refractivity contribution in [1.82, 2.24) is 94.9 Å². The molecule has 0 radical (unpaired) electrons. The van der Waals surface area contributed by atoms with E-state index < -0.39 is 0 Å². The number of hydrogen-bond acceptors (Lipinski definition) is 27. The Morgan fingerprint density at radius 2 is 0.696 bits per heavy atom. The average Bonchev–Trinajstić information content (AvgIpc) is 1.62. The van der Waals surface area contributed by atoms with Crippen molar-refractivity contribution in [1.29, 1.82) is 0 Å². The van der Waals surface area contributed by atoms with Crippen LogP contribution in [0.15, 0.2) is 366 Å². The van der Waals surface area contributed by atoms with Crippen LogP contribution in [0.5, 0.6) is 5.75 Å². The summed E-state index contributed by atoms with van der Waals surface area (Å²) in [4.78, 5) is 88.3. The smallest absolute Gasteiger partial charge is 0.221 e. The zero-order valence-corrected chi connectivity index (χ0v) is 75.7. The predicted molar refractivity (Wildman–Crippen MR) is 553 cm³/mol. The number of aromatic nitrogens is 19. The van der Waals surface area contributed by atoms with Crippen molar-refractivity contribution in [2.75, 3.05) is 31.9 Å². The van der Waals surface area contributed by atoms with Crippen LogP contribution in [0.25, 0.3) is 153 Å². The molecule has 0 aliphatic heterocycles. The highest BCUT2D eigenvalue weighted by Crippen LogP contribution is 2.43. The number of amides is 1. The monoisotopic (exact) mass is 1840 g/mol. The number of phenols is 1. The third-order valence-corrected chi connectivity index (χ3v) is 25.1. The first-order valence-corrected chi connectivity index (χ1v) is 46.0. The van der Waals surface area contributed by atoms with Gasteiger partial charge in [0.1, 0.15) is 34.8 Å². The Labute approximate surface area is 797 Å². The van der Waals surface area contributed by atoms with Gasteiger partial charge < -0.3 is 37.0 Å². The first-order chi connectivity index (χ1) is 67.9. The molecule has 24 aromatic rings. The number of pyridine rings is 13. The number of carbonyl (C=O) groups is 1. The molecule has 666 valence electrons. The second kappa shape index (κ2) is 39.6. The molecule has 1 amide bonds. The van der Waals surface area contributed by atoms with Crippen LogP contribution in [0.1, 0.15) is 42.1 Å². The molecule has 27 nitrogen and oxygen atoms in total. The lowest BCUT2D eigenvalue weighted by Crippen LogP contribution is -2.07. The first-order valence-electron chi connectivity index (χ1n) is 44.4. The van der Waals surface area contributed by atoms with Gasteiger partial charge >= 0.3 is 0 Å². The van der Waals surface area contributed by atoms with Gasteiger partial charge in [-0.15, -0.1) is 22.7 Å². The minimum atomic E-state index is -0.250. The summed E-state index contributed by atoms with van der Waals surface area (Å²) in [6, 6.07) is 90.9. The van der Waals surface area contributed by atoms with E-state index in [0.717, 1.165) is 199 Å². The van der Waals surface area contributed by atoms with E-state index in [-0.39, 0.29) is 11.7 Å². The number of H-pyrrole nitrogens is 1. The molecule has 29 heteroatoms. The maximum atomic E-state index is 11.2. The van der Waals surface area contributed by atoms with Crippen molar-refractivity contribution in [3.8, 4) is 62.0 Å². The van der Waals surface area contributed by atoms with Crippen LogP contribution in [0.3, 0.4) is 0 Å². The van der Waals surface area contributed by atoms with Crippen molar-refractivity contribution in [2.24, 2.45) is 0 Å². The summed E-state index contributed by atoms with van der Waals surface area (Å²) in [6.45, 7) is 3.41. The van der Waals surface area contributed by atoms with Crippen LogP contribution in [-0.4, -0.2) is 106 Å². The predicted octanol–water partition coefficient (Wildman–Crippen LogP) is 25.7. The summed E-state index contributed by atoms with van der Waals surface area (Å²) in [5.74, 6) is 4.13. The summed E-state index contributed by atoms with van der Waals surface area (Å²) in [7, 11) is 0. The summed E-state index contributed by atoms with van der Waals surface area (Å²) < 4.78 is 2.37. The Morgan fingerprint density at radius 3 is 1.11 bits per heavy atom. The van der Waals surface area contributed by atoms with Gasteiger partial charge in [-0.2, -0.15) is 5.10 Å². The Bertz CT molecular complexity index is 8560. The van der Waals surface area contributed by atoms with E-state index in [0.29, 0.717) is 23.1 Å². The number of hydrogen-bond donors (Lipinski definition) is 8. The number of anilines is 11. The number of fused-ring (bicyclic) bond motifs is 9. The number of benzene rings is 7. The van der Waals surface area contributed by atoms with Crippen LogP contribution < -0.4 is 31.9 Å². The van der Waals surface area contributed by atoms with E-state index in [2.05, 4.69) is 133 Å². The van der Waals surface area contributed by atoms with Crippen LogP contribution in [0.2, 0.25) is 0 Å². The van der Waals surface area contributed by atoms with E-state index in [9.17, 15) is 9.90 Å². The van der Waals surface area contributed by atoms with Gasteiger partial charge in [0.2, 0.25) is 5.91 Å². The van der Waals surface area contributed by atoms with Crippen LogP contribution >= 0.6 is 22.7 Å². The van der Waals surface area contributed by atoms with E-state index in [1.165, 1.54) is 42.0 Å². The number of aryl methyl sites for hydroxylation is 1. The van der Waals surface area contributed by atoms with Crippen molar-refractivity contribution in [2.45, 2.75) is 39.0 Å². The van der Waals surface area contributed by atoms with Gasteiger partial charge in [0, 0.05) is 188 Å². The Balaban J connectivity index is 0.000000103. The summed E-state index contributed by atoms with van der Waals surface area (Å²) in [5, 5.41) is 45.1. The van der Waals surface area contributed by atoms with Crippen molar-refractivity contribution >= 4 is 189 Å². The Kier molecular flexibility index (Phi) is 24.8. The zero-order chi connectivity index (χ0) is 93.0. The molecule has 25 rings (SSSR count). The molecule has 0 atom stereocenters. The fourth-order valence-electron chi connectivity index (χ4n) is 16.0. The first kappa shape index (κ1) is 86.4. The number of aromatic amines is 1. The SMILES string of the molecule is CC(=O)Nc1ccc(Nc2nc(-c3ccncc3)cc3ncccc23)cc1O.Cc1nc2ccc(Nc3nc(-c4ccncc4)cc4ncccc34)cc2s1.c1ccc(-c2cc3ncccc3c(Nc3ccc4cn[nH]c4c3)n2)cc1.c1ccc(-c2cc3ncccc3c(Nc3ccc4nccnc4c3)n2)cc1.c1cnc2cc(-c3ccncc3)nc(Nc3ccc4nc(C5CCC5)sc4c3)c2c1. The topological polar surface area (TPSA) is 357 Å². The molecule has 8 N–H and O–H groups in total. The molecule has 7 aromatic carbocycles. The van der Waals surface area contributed by atoms with Gasteiger partial charge in [-0.05, 0) is 232 Å². The van der Waals surface area contributed by atoms with Gasteiger partial charge in [0.25, 0.3) is 0 Å². The van der Waals surface area contributed by atoms with E-state index in [1.807, 2.05) is 255 Å². The molecule has 0 bridgehead atoms. The molecule has 138 heavy (non-hydrogen) atoms. The van der Waals surface area contributed by atoms with Crippen molar-refractivity contribution in [3.05, 3.63) is 376 Å². The van der Waals surface area contributed by atoms with Gasteiger partial charge in [-0.3, -0.25) is 59.7 Å². The van der Waals surface area contributed by atoms with Crippen LogP contribution in [0.4, 0.5) is 63.2 Å². The van der Waals surface area contributed by atoms with Gasteiger partial charge in [0.15, 0.2) is 0 Å². The average molecular weight is 1840 g/mol. The lowest BCUT2D eigenvalue weighted by molar-refractivity contribution is -0.114. The molecule has 1 aliphatic rings. The maximum Gasteiger partial charge on any atom is 0.221 e. The third kappa shape index (κ3) is 19.8. The molecule has 0 saturated heterocycles. The van der Waals surface area contributed by atoms with Crippen LogP contribution in [0, 0.1) is 6.92 Å². The number of rotatable bonds is 17. The fraction of sp³-hybridized carbons (Fsp3) is 0.0550. The number of phenolic OH excluding ortho intramolecular Hbond substituents is 1. The highest BCUT2D eigenvalue weighted by molar-refractivity contribution is 7.19. The summed E-state index contributed by atoms with van der Waals surface area (Å²) >= 11 is 3.51. The van der Waals surface area contributed by atoms with Crippen molar-refractivity contribution in [3.63, 3.8) is 0 Å². The third-order valence-electron chi connectivity index (χ3n) is 23.0. The summed E-state index contributed by atoms with van der Waals surface area (Å²) in [6.07, 6.45) is 28.6. The van der Waals surface area contributed by atoms with Crippen molar-refractivity contribution < 1.29 is 9.90 Å². The number of nitrogens with zero attached hydrogens (tertiary/aromatic N) is 18. The molecule has 1 saturated carbocycles. The highest BCUT2D eigenvalue weighted by Gasteiger charge is 2.24. The Hall–Kier alpha value is -18.4. The molecular formula is C109H81N25O2S2. The molecule has 17 aromatic heterocycles. The standard InChI is InChI=1S/C24H19N5S.C22H15N5.C21H17N5O2.C21H15N5S.C21H15N5/c1-3-16(4-1)24-29-19-7-6-17(13-22(19)30-24)27-23-18-5-2-10-26-21(18)14-20(28-23)15-8-11-25-12-9-15;1-2-5-15(6-3-1)19-14-20-17(7-4-10-23-20)22(27-19)26-16-8-9-18-21(13-16)25-12-11-24-18;1-13(27)24-17-5-4-15(11-20(17)28)25-21-16-3-2-8-23-19(16)12-18(26-21)14-6-9-22-10-7-14;1-13-24-17-5-4-15(11-20(17)27-13)25-21-16-3-2-8-23-19(16)12-18(26-21)14-6-9-22-10-7-14;1-2-5-14(6-3-1)18-12-20-17(7-4-10-22-20)21(25-18)24-16-9-8-15-13-23-26-19(15)11-16/h2,5-14,16H,1,3-4H2,(H,27,28);1-14H,(H,26,27);2-12,28H,1H3,(H,24,27)(H,25,26);2-12H,1H3,(H,25,26);1-13H,(H,23,26)(H,24,25). The lowest BCUT2D eigenvalue weighted by atomic mass is 9.86. The van der Waals surface area contributed by atoms with E-state index in [4.69, 9.17) is 29.9 Å². The minimum absolute atomic E-state index is 0.0343. The van der Waals surface area contributed by atoms with Gasteiger partial charge in [0.05, 0.1) is 115 Å². The molecule has 0 unspecified atom stereocenters. The molecule has 1 fully saturated rings. The number of nitrogens with one attached hydrogen (secondary N) is 7. The fourth-order valence-corrected chi connectivity index (χ4v) is 18.0. The second-order valence-corrected chi connectivity index (χ2v) is 34.6. The number of aromatic hydroxyl groups is 1. The normalized spacial score (nSPS) is 11.6. The van der Waals surface area contributed by atoms with E-state index >= 15 is 0 Å². The largest absolute Gasteiger partial charge is 0.506 e. The number of carbonyl (C=O) groups excluding carboxylic acids is 1. The second-order valence-electron chi connectivity index (χ2n) is 32.3. The zero-order valence-electron chi connectivity index (χ0n) is 74.1. The van der Waals surface area contributed by atoms with Crippen LogP contribution in [-0.2, 0) is 4.79 Å². The molecular weight excluding hydrogens is 1760 g/mol. The molecule has 17 heterocycles. The highest BCUT2D eigenvalue weighted by atomic mass is 32.1. The lowest BCUT2D eigenvalue weighted by Gasteiger charge is -2.22. The quantitative estimate of drug-likeness (QED) is 0.0393. The van der Waals surface area contributed by atoms with E-state index in [1.54, 1.807) is 97.8 Å². The van der Waals surface area contributed by atoms with Gasteiger partial charge in [-0.1, -0.05) is 67.1 Å². The molecule has 0 spiro atoms. The maximum absolute atomic E-state index is 11.2. The minimum Gasteiger partial charge on any atom is -0.506 e.